The van der Waals surface area contributed by atoms with Gasteiger partial charge < -0.3 is 15.0 Å². The van der Waals surface area contributed by atoms with Crippen LogP contribution in [0.2, 0.25) is 5.02 Å². The third-order valence-electron chi connectivity index (χ3n) is 6.13. The Kier molecular flexibility index (Phi) is 7.20. The largest absolute Gasteiger partial charge is 0.487 e. The van der Waals surface area contributed by atoms with Crippen molar-refractivity contribution in [2.45, 2.75) is 38.7 Å². The molecular formula is C25H30ClN3O3. The number of anilines is 1. The number of carbonyl (C=O) groups is 2. The summed E-state index contributed by atoms with van der Waals surface area (Å²) in [6, 6.07) is 15.6. The number of likely N-dealkylation sites (tertiary alicyclic amines) is 1. The summed E-state index contributed by atoms with van der Waals surface area (Å²) in [5.74, 6) is 0.731. The predicted octanol–water partition coefficient (Wildman–Crippen LogP) is 4.51. The Balaban J connectivity index is 1.26. The number of fused-ring (bicyclic) bond motifs is 1. The van der Waals surface area contributed by atoms with E-state index < -0.39 is 0 Å². The molecule has 0 spiro atoms. The fraction of sp³-hybridized carbons (Fsp3) is 0.440. The molecule has 32 heavy (non-hydrogen) atoms. The van der Waals surface area contributed by atoms with Crippen molar-refractivity contribution in [3.05, 3.63) is 59.1 Å². The van der Waals surface area contributed by atoms with Gasteiger partial charge in [-0.2, -0.15) is 0 Å². The van der Waals surface area contributed by atoms with Crippen LogP contribution in [0.1, 0.15) is 31.7 Å². The Morgan fingerprint density at radius 3 is 2.62 bits per heavy atom. The predicted molar refractivity (Wildman–Crippen MR) is 126 cm³/mol. The molecule has 1 fully saturated rings. The summed E-state index contributed by atoms with van der Waals surface area (Å²) >= 11 is 6.16. The smallest absolute Gasteiger partial charge is 0.324 e. The first-order chi connectivity index (χ1) is 15.5. The molecule has 2 aromatic carbocycles. The van der Waals surface area contributed by atoms with E-state index in [1.807, 2.05) is 36.1 Å². The zero-order valence-corrected chi connectivity index (χ0v) is 19.2. The number of benzene rings is 2. The fourth-order valence-corrected chi connectivity index (χ4v) is 4.55. The monoisotopic (exact) mass is 455 g/mol. The van der Waals surface area contributed by atoms with Crippen LogP contribution in [-0.4, -0.2) is 49.1 Å². The van der Waals surface area contributed by atoms with Gasteiger partial charge in [-0.1, -0.05) is 41.9 Å². The van der Waals surface area contributed by atoms with E-state index in [-0.39, 0.29) is 24.0 Å². The Bertz CT molecular complexity index is 945. The van der Waals surface area contributed by atoms with E-state index in [1.54, 1.807) is 17.0 Å². The maximum atomic E-state index is 13.2. The molecule has 2 aliphatic heterocycles. The van der Waals surface area contributed by atoms with Crippen LogP contribution in [-0.2, 0) is 11.2 Å². The second-order valence-corrected chi connectivity index (χ2v) is 9.01. The average molecular weight is 456 g/mol. The highest BCUT2D eigenvalue weighted by molar-refractivity contribution is 6.31. The summed E-state index contributed by atoms with van der Waals surface area (Å²) in [7, 11) is 0. The first-order valence-corrected chi connectivity index (χ1v) is 11.7. The summed E-state index contributed by atoms with van der Waals surface area (Å²) in [4.78, 5) is 29.4. The lowest BCUT2D eigenvalue weighted by Crippen LogP contribution is -2.52. The lowest BCUT2D eigenvalue weighted by molar-refractivity contribution is -0.126. The van der Waals surface area contributed by atoms with Gasteiger partial charge in [0.2, 0.25) is 5.91 Å². The first-order valence-electron chi connectivity index (χ1n) is 11.4. The molecule has 2 aliphatic rings. The van der Waals surface area contributed by atoms with Crippen LogP contribution in [0.4, 0.5) is 10.5 Å². The highest BCUT2D eigenvalue weighted by atomic mass is 35.5. The molecule has 0 aromatic heterocycles. The number of rotatable bonds is 5. The number of carbonyl (C=O) groups excluding carboxylic acids is 2. The molecule has 0 radical (unpaired) electrons. The molecule has 0 saturated carbocycles. The molecule has 0 aliphatic carbocycles. The summed E-state index contributed by atoms with van der Waals surface area (Å²) < 4.78 is 5.85. The van der Waals surface area contributed by atoms with Crippen LogP contribution < -0.4 is 15.0 Å². The van der Waals surface area contributed by atoms with Gasteiger partial charge in [-0.25, -0.2) is 4.79 Å². The molecule has 4 rings (SSSR count). The van der Waals surface area contributed by atoms with E-state index in [1.165, 1.54) is 5.56 Å². The lowest BCUT2D eigenvalue weighted by Gasteiger charge is -2.39. The quantitative estimate of drug-likeness (QED) is 0.675. The number of ether oxygens (including phenoxy) is 1. The molecule has 170 valence electrons. The van der Waals surface area contributed by atoms with Gasteiger partial charge in [0.25, 0.3) is 0 Å². The molecule has 1 atom stereocenters. The van der Waals surface area contributed by atoms with Gasteiger partial charge in [0.1, 0.15) is 11.9 Å². The van der Waals surface area contributed by atoms with Crippen molar-refractivity contribution < 1.29 is 14.3 Å². The van der Waals surface area contributed by atoms with Gasteiger partial charge >= 0.3 is 6.03 Å². The Hall–Kier alpha value is -2.73. The number of hydrogen-bond donors (Lipinski definition) is 1. The van der Waals surface area contributed by atoms with Crippen LogP contribution in [0, 0.1) is 5.92 Å². The summed E-state index contributed by atoms with van der Waals surface area (Å²) in [6.07, 6.45) is 3.14. The molecule has 6 nitrogen and oxygen atoms in total. The van der Waals surface area contributed by atoms with E-state index in [4.69, 9.17) is 16.3 Å². The minimum absolute atomic E-state index is 0.0406. The second-order valence-electron chi connectivity index (χ2n) is 8.58. The van der Waals surface area contributed by atoms with Crippen LogP contribution in [0.25, 0.3) is 0 Å². The van der Waals surface area contributed by atoms with Crippen molar-refractivity contribution in [3.8, 4) is 5.75 Å². The van der Waals surface area contributed by atoms with Crippen molar-refractivity contribution in [2.75, 3.05) is 31.1 Å². The Morgan fingerprint density at radius 2 is 1.88 bits per heavy atom. The number of halogens is 1. The third-order valence-corrected chi connectivity index (χ3v) is 6.37. The standard InChI is InChI=1S/C25H30ClN3O3/c1-18-17-29(22-16-21(26)9-10-23(22)32-18)25(31)28-14-11-20(12-15-28)24(30)27-13-5-8-19-6-3-2-4-7-19/h2-4,6-7,9-10,16,18,20H,5,8,11-15,17H2,1H3,(H,27,30)/t18-/m1/s1. The Morgan fingerprint density at radius 1 is 1.12 bits per heavy atom. The lowest BCUT2D eigenvalue weighted by atomic mass is 9.96. The van der Waals surface area contributed by atoms with Crippen molar-refractivity contribution >= 4 is 29.2 Å². The van der Waals surface area contributed by atoms with Gasteiger partial charge in [0, 0.05) is 30.6 Å². The molecule has 3 amide bonds. The SMILES string of the molecule is C[C@@H]1CN(C(=O)N2CCC(C(=O)NCCCc3ccccc3)CC2)c2cc(Cl)ccc2O1. The zero-order valence-electron chi connectivity index (χ0n) is 18.4. The van der Waals surface area contributed by atoms with Crippen molar-refractivity contribution in [1.29, 1.82) is 0 Å². The molecule has 0 unspecified atom stereocenters. The van der Waals surface area contributed by atoms with E-state index in [0.29, 0.717) is 55.5 Å². The normalized spacial score (nSPS) is 18.6. The number of nitrogens with zero attached hydrogens (tertiary/aromatic N) is 2. The van der Waals surface area contributed by atoms with E-state index in [9.17, 15) is 9.59 Å². The summed E-state index contributed by atoms with van der Waals surface area (Å²) in [6.45, 7) is 4.25. The van der Waals surface area contributed by atoms with Crippen molar-refractivity contribution in [3.63, 3.8) is 0 Å². The molecular weight excluding hydrogens is 426 g/mol. The molecule has 0 bridgehead atoms. The maximum Gasteiger partial charge on any atom is 0.324 e. The highest BCUT2D eigenvalue weighted by Crippen LogP contribution is 2.36. The van der Waals surface area contributed by atoms with Crippen LogP contribution >= 0.6 is 11.6 Å². The minimum atomic E-state index is -0.0909. The minimum Gasteiger partial charge on any atom is -0.487 e. The van der Waals surface area contributed by atoms with Crippen LogP contribution in [0.3, 0.4) is 0 Å². The molecule has 2 heterocycles. The number of hydrogen-bond acceptors (Lipinski definition) is 3. The van der Waals surface area contributed by atoms with Crippen LogP contribution in [0.15, 0.2) is 48.5 Å². The third kappa shape index (κ3) is 5.36. The zero-order chi connectivity index (χ0) is 22.5. The summed E-state index contributed by atoms with van der Waals surface area (Å²) in [5.41, 5.74) is 1.99. The number of nitrogens with one attached hydrogen (secondary N) is 1. The second kappa shape index (κ2) is 10.3. The van der Waals surface area contributed by atoms with Crippen molar-refractivity contribution in [1.82, 2.24) is 10.2 Å². The number of urea groups is 1. The Labute approximate surface area is 194 Å². The van der Waals surface area contributed by atoms with Gasteiger partial charge in [0.05, 0.1) is 12.2 Å². The number of amides is 3. The first kappa shape index (κ1) is 22.5. The highest BCUT2D eigenvalue weighted by Gasteiger charge is 2.34. The molecule has 1 saturated heterocycles. The van der Waals surface area contributed by atoms with E-state index in [0.717, 1.165) is 12.8 Å². The topological polar surface area (TPSA) is 61.9 Å². The average Bonchev–Trinajstić information content (AvgIpc) is 2.82. The van der Waals surface area contributed by atoms with Gasteiger partial charge in [-0.05, 0) is 56.4 Å². The molecule has 7 heteroatoms. The van der Waals surface area contributed by atoms with Crippen molar-refractivity contribution in [2.24, 2.45) is 5.92 Å². The van der Waals surface area contributed by atoms with Gasteiger partial charge in [-0.15, -0.1) is 0 Å². The van der Waals surface area contributed by atoms with E-state index in [2.05, 4.69) is 17.4 Å². The fourth-order valence-electron chi connectivity index (χ4n) is 4.39. The molecule has 2 aromatic rings. The van der Waals surface area contributed by atoms with Crippen LogP contribution in [0.5, 0.6) is 5.75 Å². The van der Waals surface area contributed by atoms with Gasteiger partial charge in [0.15, 0.2) is 0 Å². The number of piperidine rings is 1. The number of aryl methyl sites for hydroxylation is 1. The maximum absolute atomic E-state index is 13.2. The molecule has 1 N–H and O–H groups in total. The summed E-state index contributed by atoms with van der Waals surface area (Å²) in [5, 5.41) is 3.64. The van der Waals surface area contributed by atoms with Gasteiger partial charge in [-0.3, -0.25) is 9.69 Å². The van der Waals surface area contributed by atoms with E-state index >= 15 is 0 Å².